The first-order chi connectivity index (χ1) is 8.67. The molecule has 0 fully saturated rings. The van der Waals surface area contributed by atoms with Gasteiger partial charge in [0.1, 0.15) is 5.69 Å². The molecular formula is C12H11N3O3. The fourth-order valence-corrected chi connectivity index (χ4v) is 1.58. The standard InChI is InChI=1S/C12H11N3O3/c1-8-11(7-16)13-14-15(8)10-5-3-4-9(6-10)12(17)18-2/h3-7H,1-2H3. The maximum absolute atomic E-state index is 11.4. The molecule has 0 amide bonds. The molecule has 18 heavy (non-hydrogen) atoms. The zero-order valence-corrected chi connectivity index (χ0v) is 9.95. The molecule has 0 aliphatic heterocycles. The number of benzene rings is 1. The number of hydrogen-bond donors (Lipinski definition) is 0. The van der Waals surface area contributed by atoms with Crippen LogP contribution in [0.4, 0.5) is 0 Å². The molecular weight excluding hydrogens is 234 g/mol. The largest absolute Gasteiger partial charge is 0.465 e. The van der Waals surface area contributed by atoms with Gasteiger partial charge >= 0.3 is 5.97 Å². The van der Waals surface area contributed by atoms with Crippen LogP contribution in [0.1, 0.15) is 26.5 Å². The molecule has 2 rings (SSSR count). The smallest absolute Gasteiger partial charge is 0.337 e. The lowest BCUT2D eigenvalue weighted by atomic mass is 10.2. The van der Waals surface area contributed by atoms with Crippen LogP contribution in [0.2, 0.25) is 0 Å². The van der Waals surface area contributed by atoms with Gasteiger partial charge in [-0.3, -0.25) is 4.79 Å². The van der Waals surface area contributed by atoms with Gasteiger partial charge in [0, 0.05) is 0 Å². The summed E-state index contributed by atoms with van der Waals surface area (Å²) in [6, 6.07) is 6.75. The fraction of sp³-hybridized carbons (Fsp3) is 0.167. The van der Waals surface area contributed by atoms with E-state index in [1.807, 2.05) is 0 Å². The molecule has 0 aliphatic rings. The lowest BCUT2D eigenvalue weighted by molar-refractivity contribution is 0.0600. The molecule has 0 radical (unpaired) electrons. The maximum atomic E-state index is 11.4. The second-order valence-corrected chi connectivity index (χ2v) is 3.63. The highest BCUT2D eigenvalue weighted by Gasteiger charge is 2.11. The molecule has 1 aromatic heterocycles. The summed E-state index contributed by atoms with van der Waals surface area (Å²) >= 11 is 0. The highest BCUT2D eigenvalue weighted by molar-refractivity contribution is 5.89. The SMILES string of the molecule is COC(=O)c1cccc(-n2nnc(C=O)c2C)c1. The van der Waals surface area contributed by atoms with E-state index < -0.39 is 5.97 Å². The molecule has 0 unspecified atom stereocenters. The molecule has 0 saturated carbocycles. The van der Waals surface area contributed by atoms with Gasteiger partial charge in [0.25, 0.3) is 0 Å². The Morgan fingerprint density at radius 2 is 2.22 bits per heavy atom. The van der Waals surface area contributed by atoms with E-state index in [9.17, 15) is 9.59 Å². The van der Waals surface area contributed by atoms with Gasteiger partial charge in [-0.1, -0.05) is 11.3 Å². The summed E-state index contributed by atoms with van der Waals surface area (Å²) in [6.45, 7) is 1.73. The second-order valence-electron chi connectivity index (χ2n) is 3.63. The van der Waals surface area contributed by atoms with E-state index in [0.717, 1.165) is 0 Å². The minimum atomic E-state index is -0.426. The van der Waals surface area contributed by atoms with Gasteiger partial charge in [-0.15, -0.1) is 5.10 Å². The molecule has 92 valence electrons. The van der Waals surface area contributed by atoms with E-state index in [4.69, 9.17) is 0 Å². The monoisotopic (exact) mass is 245 g/mol. The summed E-state index contributed by atoms with van der Waals surface area (Å²) in [5.74, 6) is -0.426. The number of aromatic nitrogens is 3. The number of nitrogens with zero attached hydrogens (tertiary/aromatic N) is 3. The molecule has 0 saturated heterocycles. The van der Waals surface area contributed by atoms with Crippen LogP contribution in [0, 0.1) is 6.92 Å². The zero-order valence-electron chi connectivity index (χ0n) is 9.95. The van der Waals surface area contributed by atoms with E-state index in [2.05, 4.69) is 15.0 Å². The van der Waals surface area contributed by atoms with Crippen molar-refractivity contribution in [2.24, 2.45) is 0 Å². The van der Waals surface area contributed by atoms with Gasteiger partial charge in [0.15, 0.2) is 6.29 Å². The number of carbonyl (C=O) groups is 2. The number of ether oxygens (including phenoxy) is 1. The van der Waals surface area contributed by atoms with Crippen molar-refractivity contribution in [1.29, 1.82) is 0 Å². The summed E-state index contributed by atoms with van der Waals surface area (Å²) in [4.78, 5) is 22.1. The Kier molecular flexibility index (Phi) is 3.18. The number of aldehydes is 1. The molecule has 0 bridgehead atoms. The predicted molar refractivity (Wildman–Crippen MR) is 62.8 cm³/mol. The van der Waals surface area contributed by atoms with Crippen LogP contribution in [-0.4, -0.2) is 34.4 Å². The van der Waals surface area contributed by atoms with E-state index in [0.29, 0.717) is 23.2 Å². The molecule has 2 aromatic rings. The van der Waals surface area contributed by atoms with Crippen LogP contribution in [0.25, 0.3) is 5.69 Å². The molecule has 1 aromatic carbocycles. The molecule has 6 nitrogen and oxygen atoms in total. The van der Waals surface area contributed by atoms with Crippen molar-refractivity contribution < 1.29 is 14.3 Å². The van der Waals surface area contributed by atoms with E-state index in [1.165, 1.54) is 11.8 Å². The zero-order chi connectivity index (χ0) is 13.1. The Balaban J connectivity index is 2.47. The van der Waals surface area contributed by atoms with Gasteiger partial charge < -0.3 is 4.74 Å². The van der Waals surface area contributed by atoms with Crippen molar-refractivity contribution in [3.05, 3.63) is 41.2 Å². The Morgan fingerprint density at radius 1 is 1.44 bits per heavy atom. The highest BCUT2D eigenvalue weighted by Crippen LogP contribution is 2.13. The molecule has 0 N–H and O–H groups in total. The number of carbonyl (C=O) groups excluding carboxylic acids is 2. The maximum Gasteiger partial charge on any atom is 0.337 e. The number of esters is 1. The lowest BCUT2D eigenvalue weighted by Gasteiger charge is -2.05. The fourth-order valence-electron chi connectivity index (χ4n) is 1.58. The normalized spacial score (nSPS) is 10.1. The summed E-state index contributed by atoms with van der Waals surface area (Å²) < 4.78 is 6.14. The number of methoxy groups -OCH3 is 1. The van der Waals surface area contributed by atoms with Gasteiger partial charge in [-0.2, -0.15) is 0 Å². The predicted octanol–water partition coefficient (Wildman–Crippen LogP) is 1.17. The molecule has 0 spiro atoms. The molecule has 0 atom stereocenters. The highest BCUT2D eigenvalue weighted by atomic mass is 16.5. The third kappa shape index (κ3) is 2.00. The average Bonchev–Trinajstić information content (AvgIpc) is 2.79. The van der Waals surface area contributed by atoms with Crippen molar-refractivity contribution in [2.75, 3.05) is 7.11 Å². The lowest BCUT2D eigenvalue weighted by Crippen LogP contribution is -2.04. The van der Waals surface area contributed by atoms with Crippen LogP contribution >= 0.6 is 0 Å². The quantitative estimate of drug-likeness (QED) is 0.599. The van der Waals surface area contributed by atoms with E-state index >= 15 is 0 Å². The van der Waals surface area contributed by atoms with Gasteiger partial charge in [0.05, 0.1) is 24.1 Å². The van der Waals surface area contributed by atoms with Crippen LogP contribution < -0.4 is 0 Å². The van der Waals surface area contributed by atoms with Crippen LogP contribution in [0.3, 0.4) is 0 Å². The summed E-state index contributed by atoms with van der Waals surface area (Å²) in [6.07, 6.45) is 0.642. The topological polar surface area (TPSA) is 74.1 Å². The minimum absolute atomic E-state index is 0.276. The Bertz CT molecular complexity index is 604. The first-order valence-corrected chi connectivity index (χ1v) is 5.23. The van der Waals surface area contributed by atoms with Crippen molar-refractivity contribution >= 4 is 12.3 Å². The first kappa shape index (κ1) is 12.0. The van der Waals surface area contributed by atoms with E-state index in [-0.39, 0.29) is 5.69 Å². The van der Waals surface area contributed by atoms with Gasteiger partial charge in [-0.25, -0.2) is 9.48 Å². The van der Waals surface area contributed by atoms with Crippen molar-refractivity contribution in [1.82, 2.24) is 15.0 Å². The summed E-state index contributed by atoms with van der Waals surface area (Å²) in [5, 5.41) is 7.60. The third-order valence-electron chi connectivity index (χ3n) is 2.55. The molecule has 1 heterocycles. The Labute approximate surface area is 103 Å². The molecule has 6 heteroatoms. The van der Waals surface area contributed by atoms with Crippen LogP contribution in [0.5, 0.6) is 0 Å². The minimum Gasteiger partial charge on any atom is -0.465 e. The van der Waals surface area contributed by atoms with Gasteiger partial charge in [0.2, 0.25) is 0 Å². The average molecular weight is 245 g/mol. The number of rotatable bonds is 3. The van der Waals surface area contributed by atoms with Gasteiger partial charge in [-0.05, 0) is 25.1 Å². The molecule has 0 aliphatic carbocycles. The van der Waals surface area contributed by atoms with E-state index in [1.54, 1.807) is 31.2 Å². The Morgan fingerprint density at radius 3 is 2.83 bits per heavy atom. The van der Waals surface area contributed by atoms with Crippen molar-refractivity contribution in [2.45, 2.75) is 6.92 Å². The summed E-state index contributed by atoms with van der Waals surface area (Å²) in [7, 11) is 1.32. The van der Waals surface area contributed by atoms with Crippen LogP contribution in [-0.2, 0) is 4.74 Å². The second kappa shape index (κ2) is 4.79. The number of hydrogen-bond acceptors (Lipinski definition) is 5. The summed E-state index contributed by atoms with van der Waals surface area (Å²) in [5.41, 5.74) is 1.96. The third-order valence-corrected chi connectivity index (χ3v) is 2.55. The van der Waals surface area contributed by atoms with Crippen LogP contribution in [0.15, 0.2) is 24.3 Å². The first-order valence-electron chi connectivity index (χ1n) is 5.23. The Hall–Kier alpha value is -2.50. The van der Waals surface area contributed by atoms with Crippen molar-refractivity contribution in [3.8, 4) is 5.69 Å². The van der Waals surface area contributed by atoms with Crippen molar-refractivity contribution in [3.63, 3.8) is 0 Å².